The number of hydrogen-bond donors (Lipinski definition) is 0. The molecule has 0 amide bonds. The van der Waals surface area contributed by atoms with Crippen molar-refractivity contribution in [1.82, 2.24) is 0 Å². The summed E-state index contributed by atoms with van der Waals surface area (Å²) in [5.41, 5.74) is 3.89. The Balaban J connectivity index is 1.25. The van der Waals surface area contributed by atoms with Gasteiger partial charge in [0.05, 0.1) is 19.8 Å². The van der Waals surface area contributed by atoms with Gasteiger partial charge >= 0.3 is 0 Å². The van der Waals surface area contributed by atoms with Gasteiger partial charge in [-0.25, -0.2) is 0 Å². The maximum Gasteiger partial charge on any atom is 0.180 e. The molecule has 0 spiro atoms. The maximum atomic E-state index is 6.09. The number of rotatable bonds is 11. The predicted molar refractivity (Wildman–Crippen MR) is 131 cm³/mol. The fourth-order valence-corrected chi connectivity index (χ4v) is 6.20. The van der Waals surface area contributed by atoms with E-state index >= 15 is 0 Å². The summed E-state index contributed by atoms with van der Waals surface area (Å²) in [6, 6.07) is 9.34. The summed E-state index contributed by atoms with van der Waals surface area (Å²) in [4.78, 5) is 0. The van der Waals surface area contributed by atoms with Crippen molar-refractivity contribution in [3.8, 4) is 0 Å². The molecule has 0 unspecified atom stereocenters. The third-order valence-electron chi connectivity index (χ3n) is 8.46. The average Bonchev–Trinajstić information content (AvgIpc) is 2.86. The predicted octanol–water partition coefficient (Wildman–Crippen LogP) is 7.65. The number of unbranched alkanes of at least 4 members (excludes halogenated alkanes) is 2. The molecule has 0 radical (unpaired) electrons. The molecule has 5 rings (SSSR count). The van der Waals surface area contributed by atoms with Crippen molar-refractivity contribution in [3.63, 3.8) is 0 Å². The van der Waals surface area contributed by atoms with E-state index in [1.165, 1.54) is 69.8 Å². The van der Waals surface area contributed by atoms with Crippen LogP contribution in [0.15, 0.2) is 36.4 Å². The van der Waals surface area contributed by atoms with E-state index in [1.807, 2.05) is 0 Å². The third kappa shape index (κ3) is 5.66. The van der Waals surface area contributed by atoms with E-state index in [1.54, 1.807) is 5.56 Å². The van der Waals surface area contributed by atoms with Crippen molar-refractivity contribution in [2.45, 2.75) is 109 Å². The zero-order valence-corrected chi connectivity index (χ0v) is 20.5. The number of ether oxygens (including phenoxy) is 3. The van der Waals surface area contributed by atoms with Crippen molar-refractivity contribution < 1.29 is 14.2 Å². The number of benzene rings is 1. The van der Waals surface area contributed by atoms with Gasteiger partial charge in [0.25, 0.3) is 0 Å². The van der Waals surface area contributed by atoms with E-state index < -0.39 is 0 Å². The molecule has 3 nitrogen and oxygen atoms in total. The van der Waals surface area contributed by atoms with Crippen molar-refractivity contribution in [3.05, 3.63) is 47.5 Å². The van der Waals surface area contributed by atoms with Gasteiger partial charge in [-0.15, -0.1) is 0 Å². The lowest BCUT2D eigenvalue weighted by Gasteiger charge is -2.54. The highest BCUT2D eigenvalue weighted by Gasteiger charge is 2.48. The zero-order valence-electron chi connectivity index (χ0n) is 20.5. The summed E-state index contributed by atoms with van der Waals surface area (Å²) >= 11 is 0. The van der Waals surface area contributed by atoms with E-state index in [9.17, 15) is 0 Å². The molecule has 2 atom stereocenters. The fraction of sp³-hybridized carbons (Fsp3) is 0.724. The van der Waals surface area contributed by atoms with Gasteiger partial charge in [0, 0.05) is 0 Å². The Kier molecular flexibility index (Phi) is 8.48. The highest BCUT2D eigenvalue weighted by molar-refractivity contribution is 5.32. The van der Waals surface area contributed by atoms with Crippen LogP contribution in [0.2, 0.25) is 0 Å². The van der Waals surface area contributed by atoms with Gasteiger partial charge < -0.3 is 14.2 Å². The molecule has 3 aliphatic carbocycles. The molecule has 4 aliphatic rings. The molecular weight excluding hydrogens is 396 g/mol. The quantitative estimate of drug-likeness (QED) is 0.261. The molecule has 32 heavy (non-hydrogen) atoms. The summed E-state index contributed by atoms with van der Waals surface area (Å²) in [7, 11) is 0. The van der Waals surface area contributed by atoms with Gasteiger partial charge in [0.2, 0.25) is 0 Å². The monoisotopic (exact) mass is 440 g/mol. The molecule has 1 saturated heterocycles. The SMILES string of the molecule is CC/C=C\CCO[C@H]1CO[C@H](c2ccc(C34CCC(CCCCC)(CC3)CC4)cc2)CO1. The van der Waals surface area contributed by atoms with Gasteiger partial charge in [-0.3, -0.25) is 0 Å². The molecule has 1 heterocycles. The number of hydrogen-bond acceptors (Lipinski definition) is 3. The second-order valence-electron chi connectivity index (χ2n) is 10.5. The Morgan fingerprint density at radius 1 is 0.906 bits per heavy atom. The van der Waals surface area contributed by atoms with Crippen LogP contribution >= 0.6 is 0 Å². The second kappa shape index (κ2) is 11.3. The van der Waals surface area contributed by atoms with Crippen LogP contribution in [-0.4, -0.2) is 26.1 Å². The minimum atomic E-state index is -0.235. The molecule has 178 valence electrons. The standard InChI is InChI=1S/C29H44O3/c1-3-5-7-9-21-30-27-23-31-26(22-32-27)24-10-12-25(13-11-24)29-18-15-28(16-19-29,17-20-29)14-8-6-4-2/h5,7,10-13,26-27H,3-4,6,8-9,14-23H2,1-2H3/b7-5-/t26-,27+,28?,29?/m0/s1. The van der Waals surface area contributed by atoms with E-state index in [0.29, 0.717) is 30.7 Å². The van der Waals surface area contributed by atoms with Gasteiger partial charge in [0.1, 0.15) is 6.10 Å². The Morgan fingerprint density at radius 2 is 1.66 bits per heavy atom. The van der Waals surface area contributed by atoms with E-state index in [0.717, 1.165) is 12.8 Å². The molecule has 1 aromatic rings. The molecule has 1 aromatic carbocycles. The summed E-state index contributed by atoms with van der Waals surface area (Å²) in [6.45, 7) is 6.23. The summed E-state index contributed by atoms with van der Waals surface area (Å²) in [5, 5.41) is 0. The van der Waals surface area contributed by atoms with Crippen molar-refractivity contribution >= 4 is 0 Å². The largest absolute Gasteiger partial charge is 0.366 e. The zero-order chi connectivity index (χ0) is 22.3. The van der Waals surface area contributed by atoms with Crippen LogP contribution in [0.25, 0.3) is 0 Å². The van der Waals surface area contributed by atoms with Crippen LogP contribution in [0.5, 0.6) is 0 Å². The van der Waals surface area contributed by atoms with Gasteiger partial charge in [-0.05, 0) is 79.7 Å². The van der Waals surface area contributed by atoms with Crippen LogP contribution in [0.1, 0.15) is 108 Å². The Morgan fingerprint density at radius 3 is 2.28 bits per heavy atom. The molecule has 3 heteroatoms. The van der Waals surface area contributed by atoms with Crippen LogP contribution < -0.4 is 0 Å². The lowest BCUT2D eigenvalue weighted by Crippen LogP contribution is -2.44. The van der Waals surface area contributed by atoms with Crippen molar-refractivity contribution in [2.24, 2.45) is 5.41 Å². The summed E-state index contributed by atoms with van der Waals surface area (Å²) < 4.78 is 17.8. The minimum Gasteiger partial charge on any atom is -0.366 e. The first-order chi connectivity index (χ1) is 15.7. The van der Waals surface area contributed by atoms with E-state index in [-0.39, 0.29) is 12.4 Å². The molecule has 2 bridgehead atoms. The first-order valence-electron chi connectivity index (χ1n) is 13.3. The topological polar surface area (TPSA) is 27.7 Å². The molecule has 0 aromatic heterocycles. The summed E-state index contributed by atoms with van der Waals surface area (Å²) in [6.07, 6.45) is 20.2. The Bertz CT molecular complexity index is 690. The average molecular weight is 441 g/mol. The summed E-state index contributed by atoms with van der Waals surface area (Å²) in [5.74, 6) is 0. The Hall–Kier alpha value is -1.16. The highest BCUT2D eigenvalue weighted by Crippen LogP contribution is 2.59. The lowest BCUT2D eigenvalue weighted by atomic mass is 9.51. The fourth-order valence-electron chi connectivity index (χ4n) is 6.20. The number of allylic oxidation sites excluding steroid dienone is 1. The van der Waals surface area contributed by atoms with Gasteiger partial charge in [-0.2, -0.15) is 0 Å². The third-order valence-corrected chi connectivity index (χ3v) is 8.46. The smallest absolute Gasteiger partial charge is 0.180 e. The van der Waals surface area contributed by atoms with Crippen LogP contribution in [0.4, 0.5) is 0 Å². The number of fused-ring (bicyclic) bond motifs is 3. The van der Waals surface area contributed by atoms with Gasteiger partial charge in [0.15, 0.2) is 6.29 Å². The van der Waals surface area contributed by atoms with E-state index in [2.05, 4.69) is 50.3 Å². The first-order valence-corrected chi connectivity index (χ1v) is 13.3. The highest BCUT2D eigenvalue weighted by atomic mass is 16.7. The molecule has 1 aliphatic heterocycles. The van der Waals surface area contributed by atoms with Crippen LogP contribution in [0, 0.1) is 5.41 Å². The normalized spacial score (nSPS) is 32.6. The van der Waals surface area contributed by atoms with Crippen LogP contribution in [0.3, 0.4) is 0 Å². The van der Waals surface area contributed by atoms with Gasteiger partial charge in [-0.1, -0.05) is 69.5 Å². The van der Waals surface area contributed by atoms with E-state index in [4.69, 9.17) is 14.2 Å². The van der Waals surface area contributed by atoms with Crippen molar-refractivity contribution in [2.75, 3.05) is 19.8 Å². The van der Waals surface area contributed by atoms with Crippen molar-refractivity contribution in [1.29, 1.82) is 0 Å². The molecule has 3 saturated carbocycles. The minimum absolute atomic E-state index is 0.0188. The molecule has 0 N–H and O–H groups in total. The first kappa shape index (κ1) is 24.0. The second-order valence-corrected chi connectivity index (χ2v) is 10.5. The Labute approximate surface area is 195 Å². The molecule has 4 fully saturated rings. The maximum absolute atomic E-state index is 6.09. The lowest BCUT2D eigenvalue weighted by molar-refractivity contribution is -0.235. The molecular formula is C29H44O3. The van der Waals surface area contributed by atoms with Crippen LogP contribution in [-0.2, 0) is 19.6 Å².